The molecule has 2 atom stereocenters. The summed E-state index contributed by atoms with van der Waals surface area (Å²) in [4.78, 5) is 19.4. The van der Waals surface area contributed by atoms with E-state index in [0.717, 1.165) is 42.1 Å². The smallest absolute Gasteiger partial charge is 0.273 e. The molecule has 1 amide bonds. The second-order valence-corrected chi connectivity index (χ2v) is 8.01. The van der Waals surface area contributed by atoms with Crippen molar-refractivity contribution in [1.29, 1.82) is 0 Å². The second kappa shape index (κ2) is 9.53. The zero-order chi connectivity index (χ0) is 18.7. The summed E-state index contributed by atoms with van der Waals surface area (Å²) in [5.41, 5.74) is 7.60. The molecule has 5 nitrogen and oxygen atoms in total. The van der Waals surface area contributed by atoms with E-state index in [4.69, 9.17) is 10.5 Å². The first kappa shape index (κ1) is 21.7. The van der Waals surface area contributed by atoms with E-state index < -0.39 is 0 Å². The lowest BCUT2D eigenvalue weighted by Crippen LogP contribution is -2.51. The average molecular weight is 410 g/mol. The number of benzene rings is 1. The van der Waals surface area contributed by atoms with Gasteiger partial charge in [-0.05, 0) is 64.3 Å². The summed E-state index contributed by atoms with van der Waals surface area (Å²) in [6.45, 7) is 6.74. The van der Waals surface area contributed by atoms with Crippen molar-refractivity contribution in [3.05, 3.63) is 35.3 Å². The third-order valence-electron chi connectivity index (χ3n) is 4.61. The van der Waals surface area contributed by atoms with Gasteiger partial charge in [0, 0.05) is 29.6 Å². The number of hydrogen-bond acceptors (Lipinski definition) is 5. The number of rotatable bonds is 5. The Morgan fingerprint density at radius 1 is 1.26 bits per heavy atom. The summed E-state index contributed by atoms with van der Waals surface area (Å²) in [6, 6.07) is 7.93. The third kappa shape index (κ3) is 5.21. The minimum Gasteiger partial charge on any atom is -0.491 e. The summed E-state index contributed by atoms with van der Waals surface area (Å²) in [5.74, 6) is 0.832. The molecule has 7 heteroatoms. The molecule has 1 saturated heterocycles. The molecule has 1 aromatic heterocycles. The number of carbonyl (C=O) groups excluding carboxylic acids is 1. The van der Waals surface area contributed by atoms with Crippen LogP contribution in [0.2, 0.25) is 0 Å². The van der Waals surface area contributed by atoms with Crippen LogP contribution in [-0.4, -0.2) is 40.5 Å². The highest BCUT2D eigenvalue weighted by atomic mass is 35.5. The number of hydrogen-bond donors (Lipinski definition) is 1. The molecule has 1 aromatic carbocycles. The molecule has 27 heavy (non-hydrogen) atoms. The molecular formula is C20H28ClN3O2S. The van der Waals surface area contributed by atoms with Crippen molar-refractivity contribution in [2.24, 2.45) is 5.73 Å². The summed E-state index contributed by atoms with van der Waals surface area (Å²) in [7, 11) is 0. The fourth-order valence-corrected chi connectivity index (χ4v) is 4.16. The Hall–Kier alpha value is -1.63. The van der Waals surface area contributed by atoms with Gasteiger partial charge in [-0.25, -0.2) is 4.98 Å². The molecule has 2 aromatic rings. The Labute approximate surface area is 171 Å². The van der Waals surface area contributed by atoms with E-state index in [-0.39, 0.29) is 36.5 Å². The van der Waals surface area contributed by atoms with Gasteiger partial charge in [0.05, 0.1) is 6.10 Å². The largest absolute Gasteiger partial charge is 0.491 e. The van der Waals surface area contributed by atoms with Crippen LogP contribution in [0.15, 0.2) is 29.6 Å². The Bertz CT molecular complexity index is 746. The molecule has 3 rings (SSSR count). The van der Waals surface area contributed by atoms with Crippen molar-refractivity contribution in [2.45, 2.75) is 58.2 Å². The van der Waals surface area contributed by atoms with Crippen LogP contribution in [0.1, 0.15) is 50.5 Å². The van der Waals surface area contributed by atoms with E-state index in [9.17, 15) is 4.79 Å². The van der Waals surface area contributed by atoms with Crippen LogP contribution in [0.3, 0.4) is 0 Å². The number of amides is 1. The first-order valence-electron chi connectivity index (χ1n) is 9.25. The fraction of sp³-hybridized carbons (Fsp3) is 0.500. The molecule has 1 aliphatic rings. The molecule has 2 N–H and O–H groups in total. The highest BCUT2D eigenvalue weighted by molar-refractivity contribution is 7.13. The van der Waals surface area contributed by atoms with Gasteiger partial charge in [-0.15, -0.1) is 23.7 Å². The number of carbonyl (C=O) groups is 1. The maximum Gasteiger partial charge on any atom is 0.273 e. The minimum absolute atomic E-state index is 0. The molecule has 0 spiro atoms. The Morgan fingerprint density at radius 2 is 1.96 bits per heavy atom. The van der Waals surface area contributed by atoms with Gasteiger partial charge in [0.1, 0.15) is 16.5 Å². The molecule has 0 aliphatic carbocycles. The Balaban J connectivity index is 0.00000261. The molecule has 0 radical (unpaired) electrons. The van der Waals surface area contributed by atoms with Crippen molar-refractivity contribution >= 4 is 29.7 Å². The van der Waals surface area contributed by atoms with E-state index in [2.05, 4.69) is 4.98 Å². The molecule has 0 bridgehead atoms. The van der Waals surface area contributed by atoms with Crippen LogP contribution in [0.4, 0.5) is 0 Å². The third-order valence-corrected chi connectivity index (χ3v) is 5.50. The Morgan fingerprint density at radius 3 is 2.59 bits per heavy atom. The molecule has 1 fully saturated rings. The zero-order valence-corrected chi connectivity index (χ0v) is 17.7. The summed E-state index contributed by atoms with van der Waals surface area (Å²) < 4.78 is 5.67. The van der Waals surface area contributed by atoms with Crippen LogP contribution in [0.5, 0.6) is 5.75 Å². The second-order valence-electron chi connectivity index (χ2n) is 7.15. The number of halogens is 1. The van der Waals surface area contributed by atoms with Crippen LogP contribution in [0, 0.1) is 0 Å². The maximum absolute atomic E-state index is 12.9. The lowest BCUT2D eigenvalue weighted by Gasteiger charge is -2.37. The predicted octanol–water partition coefficient (Wildman–Crippen LogP) is 4.36. The van der Waals surface area contributed by atoms with E-state index in [0.29, 0.717) is 5.69 Å². The van der Waals surface area contributed by atoms with Crippen LogP contribution in [0.25, 0.3) is 10.6 Å². The highest BCUT2D eigenvalue weighted by Gasteiger charge is 2.31. The molecule has 2 heterocycles. The number of thiazole rings is 1. The first-order valence-corrected chi connectivity index (χ1v) is 10.1. The number of nitrogens with two attached hydrogens (primary N) is 1. The van der Waals surface area contributed by atoms with Gasteiger partial charge in [0.15, 0.2) is 0 Å². The van der Waals surface area contributed by atoms with Crippen molar-refractivity contribution < 1.29 is 9.53 Å². The SMILES string of the molecule is CC(C)Oc1ccc(-c2nc(C(=O)N3CCCCC3C(C)N)cs2)cc1.Cl. The van der Waals surface area contributed by atoms with E-state index in [1.165, 1.54) is 11.3 Å². The molecule has 2 unspecified atom stereocenters. The van der Waals surface area contributed by atoms with Crippen molar-refractivity contribution in [3.63, 3.8) is 0 Å². The van der Waals surface area contributed by atoms with Gasteiger partial charge >= 0.3 is 0 Å². The first-order chi connectivity index (χ1) is 12.5. The van der Waals surface area contributed by atoms with Gasteiger partial charge < -0.3 is 15.4 Å². The van der Waals surface area contributed by atoms with E-state index in [1.54, 1.807) is 0 Å². The van der Waals surface area contributed by atoms with E-state index >= 15 is 0 Å². The molecule has 0 saturated carbocycles. The zero-order valence-electron chi connectivity index (χ0n) is 16.1. The predicted molar refractivity (Wildman–Crippen MR) is 113 cm³/mol. The van der Waals surface area contributed by atoms with Gasteiger partial charge in [-0.2, -0.15) is 0 Å². The van der Waals surface area contributed by atoms with Gasteiger partial charge in [0.2, 0.25) is 0 Å². The number of likely N-dealkylation sites (tertiary alicyclic amines) is 1. The number of aromatic nitrogens is 1. The number of piperidine rings is 1. The quantitative estimate of drug-likeness (QED) is 0.796. The average Bonchev–Trinajstić information content (AvgIpc) is 3.11. The number of nitrogens with zero attached hydrogens (tertiary/aromatic N) is 2. The van der Waals surface area contributed by atoms with E-state index in [1.807, 2.05) is 55.3 Å². The van der Waals surface area contributed by atoms with Gasteiger partial charge in [-0.3, -0.25) is 4.79 Å². The van der Waals surface area contributed by atoms with Crippen LogP contribution < -0.4 is 10.5 Å². The summed E-state index contributed by atoms with van der Waals surface area (Å²) in [6.07, 6.45) is 3.27. The van der Waals surface area contributed by atoms with Crippen LogP contribution in [-0.2, 0) is 0 Å². The van der Waals surface area contributed by atoms with Crippen molar-refractivity contribution in [3.8, 4) is 16.3 Å². The monoisotopic (exact) mass is 409 g/mol. The lowest BCUT2D eigenvalue weighted by molar-refractivity contribution is 0.0578. The normalized spacial score (nSPS) is 18.1. The number of ether oxygens (including phenoxy) is 1. The lowest BCUT2D eigenvalue weighted by atomic mass is 9.96. The minimum atomic E-state index is -0.0224. The molecular weight excluding hydrogens is 382 g/mol. The fourth-order valence-electron chi connectivity index (χ4n) is 3.36. The highest BCUT2D eigenvalue weighted by Crippen LogP contribution is 2.28. The summed E-state index contributed by atoms with van der Waals surface area (Å²) >= 11 is 1.49. The molecule has 1 aliphatic heterocycles. The van der Waals surface area contributed by atoms with Crippen LogP contribution >= 0.6 is 23.7 Å². The van der Waals surface area contributed by atoms with Gasteiger partial charge in [-0.1, -0.05) is 0 Å². The Kier molecular flexibility index (Phi) is 7.65. The summed E-state index contributed by atoms with van der Waals surface area (Å²) in [5, 5.41) is 2.70. The standard InChI is InChI=1S/C20H27N3O2S.ClH/c1-13(2)25-16-9-7-15(8-10-16)19-22-17(12-26-19)20(24)23-11-5-4-6-18(23)14(3)21;/h7-10,12-14,18H,4-6,11,21H2,1-3H3;1H. The maximum atomic E-state index is 12.9. The van der Waals surface area contributed by atoms with Crippen molar-refractivity contribution in [2.75, 3.05) is 6.54 Å². The van der Waals surface area contributed by atoms with Crippen molar-refractivity contribution in [1.82, 2.24) is 9.88 Å². The molecule has 148 valence electrons. The van der Waals surface area contributed by atoms with Gasteiger partial charge in [0.25, 0.3) is 5.91 Å². The topological polar surface area (TPSA) is 68.5 Å².